The summed E-state index contributed by atoms with van der Waals surface area (Å²) < 4.78 is 0. The first-order chi connectivity index (χ1) is 8.78. The van der Waals surface area contributed by atoms with E-state index in [2.05, 4.69) is 48.2 Å². The molecule has 0 aliphatic carbocycles. The maximum absolute atomic E-state index is 4.48. The Labute approximate surface area is 136 Å². The van der Waals surface area contributed by atoms with Gasteiger partial charge in [-0.1, -0.05) is 20.8 Å². The molecule has 0 saturated carbocycles. The fourth-order valence-corrected chi connectivity index (χ4v) is 1.77. The molecule has 0 aromatic carbocycles. The zero-order valence-corrected chi connectivity index (χ0v) is 15.5. The number of hydrogen-bond donors (Lipinski definition) is 2. The highest BCUT2D eigenvalue weighted by Crippen LogP contribution is 1.93. The van der Waals surface area contributed by atoms with Gasteiger partial charge in [0.2, 0.25) is 0 Å². The lowest BCUT2D eigenvalue weighted by atomic mass is 10.3. The second kappa shape index (κ2) is 16.0. The molecule has 0 rings (SSSR count). The summed E-state index contributed by atoms with van der Waals surface area (Å²) in [6, 6.07) is 0. The topological polar surface area (TPSA) is 39.7 Å². The highest BCUT2D eigenvalue weighted by Gasteiger charge is 1.99. The molecule has 0 aliphatic heterocycles. The number of guanidine groups is 1. The van der Waals surface area contributed by atoms with Crippen LogP contribution in [-0.2, 0) is 0 Å². The quantitative estimate of drug-likeness (QED) is 0.263. The lowest BCUT2D eigenvalue weighted by molar-refractivity contribution is 0.297. The predicted molar refractivity (Wildman–Crippen MR) is 96.7 cm³/mol. The number of aliphatic imine (C=N–C) groups is 1. The molecule has 0 spiro atoms. The number of unbranched alkanes of at least 4 members (excludes halogenated alkanes) is 1. The average Bonchev–Trinajstić information content (AvgIpc) is 2.40. The highest BCUT2D eigenvalue weighted by molar-refractivity contribution is 14.0. The van der Waals surface area contributed by atoms with E-state index < -0.39 is 0 Å². The van der Waals surface area contributed by atoms with E-state index in [9.17, 15) is 0 Å². The van der Waals surface area contributed by atoms with E-state index >= 15 is 0 Å². The van der Waals surface area contributed by atoms with Crippen LogP contribution in [0.3, 0.4) is 0 Å². The first kappa shape index (κ1) is 21.3. The standard InChI is InChI=1S/C14H32N4.HI/c1-5-11-16-14(15-6-2)17-12-9-10-13-18(7-3)8-4;/h5-13H2,1-4H3,(H2,15,16,17);1H. The molecule has 116 valence electrons. The first-order valence-electron chi connectivity index (χ1n) is 7.52. The number of nitrogens with zero attached hydrogens (tertiary/aromatic N) is 2. The third-order valence-electron chi connectivity index (χ3n) is 2.93. The van der Waals surface area contributed by atoms with Crippen molar-refractivity contribution in [1.82, 2.24) is 15.5 Å². The van der Waals surface area contributed by atoms with Crippen molar-refractivity contribution in [3.63, 3.8) is 0 Å². The van der Waals surface area contributed by atoms with Gasteiger partial charge in [-0.3, -0.25) is 4.99 Å². The van der Waals surface area contributed by atoms with Crippen molar-refractivity contribution in [2.24, 2.45) is 4.99 Å². The van der Waals surface area contributed by atoms with Gasteiger partial charge in [-0.2, -0.15) is 0 Å². The van der Waals surface area contributed by atoms with E-state index in [0.717, 1.165) is 45.1 Å². The van der Waals surface area contributed by atoms with E-state index in [1.54, 1.807) is 0 Å². The second-order valence-electron chi connectivity index (χ2n) is 4.42. The normalized spacial score (nSPS) is 11.3. The molecule has 0 saturated heterocycles. The van der Waals surface area contributed by atoms with Crippen molar-refractivity contribution in [2.75, 3.05) is 39.3 Å². The molecule has 0 unspecified atom stereocenters. The van der Waals surface area contributed by atoms with Crippen LogP contribution in [0.25, 0.3) is 0 Å². The monoisotopic (exact) mass is 384 g/mol. The van der Waals surface area contributed by atoms with Crippen molar-refractivity contribution < 1.29 is 0 Å². The number of nitrogens with one attached hydrogen (secondary N) is 2. The molecule has 0 aromatic rings. The molecule has 4 nitrogen and oxygen atoms in total. The van der Waals surface area contributed by atoms with Crippen LogP contribution in [0.1, 0.15) is 47.0 Å². The Hall–Kier alpha value is -0.0400. The van der Waals surface area contributed by atoms with Crippen LogP contribution >= 0.6 is 24.0 Å². The first-order valence-corrected chi connectivity index (χ1v) is 7.52. The van der Waals surface area contributed by atoms with Crippen molar-refractivity contribution >= 4 is 29.9 Å². The number of halogens is 1. The Morgan fingerprint density at radius 3 is 2.21 bits per heavy atom. The van der Waals surface area contributed by atoms with Crippen LogP contribution in [0.5, 0.6) is 0 Å². The summed E-state index contributed by atoms with van der Waals surface area (Å²) in [6.45, 7) is 15.1. The minimum atomic E-state index is 0. The summed E-state index contributed by atoms with van der Waals surface area (Å²) >= 11 is 0. The zero-order valence-electron chi connectivity index (χ0n) is 13.2. The fourth-order valence-electron chi connectivity index (χ4n) is 1.77. The van der Waals surface area contributed by atoms with Gasteiger partial charge in [0.25, 0.3) is 0 Å². The van der Waals surface area contributed by atoms with Gasteiger partial charge in [-0.05, 0) is 45.8 Å². The van der Waals surface area contributed by atoms with Gasteiger partial charge in [0.05, 0.1) is 0 Å². The Balaban J connectivity index is 0. The predicted octanol–water partition coefficient (Wildman–Crippen LogP) is 2.69. The van der Waals surface area contributed by atoms with E-state index in [0.29, 0.717) is 0 Å². The third kappa shape index (κ3) is 12.7. The Kier molecular flexibility index (Phi) is 17.9. The summed E-state index contributed by atoms with van der Waals surface area (Å²) in [5.74, 6) is 0.960. The molecule has 0 amide bonds. The van der Waals surface area contributed by atoms with Crippen LogP contribution in [0.15, 0.2) is 4.99 Å². The Bertz CT molecular complexity index is 206. The van der Waals surface area contributed by atoms with E-state index in [1.165, 1.54) is 19.4 Å². The van der Waals surface area contributed by atoms with Gasteiger partial charge in [-0.25, -0.2) is 0 Å². The SMILES string of the molecule is CCCN=C(NCC)NCCCCN(CC)CC.I. The van der Waals surface area contributed by atoms with Crippen LogP contribution in [0.4, 0.5) is 0 Å². The molecule has 0 bridgehead atoms. The maximum atomic E-state index is 4.48. The lowest BCUT2D eigenvalue weighted by Gasteiger charge is -2.17. The molecule has 0 atom stereocenters. The fraction of sp³-hybridized carbons (Fsp3) is 0.929. The maximum Gasteiger partial charge on any atom is 0.191 e. The summed E-state index contributed by atoms with van der Waals surface area (Å²) in [4.78, 5) is 6.95. The van der Waals surface area contributed by atoms with E-state index in [-0.39, 0.29) is 24.0 Å². The van der Waals surface area contributed by atoms with Crippen molar-refractivity contribution in [3.05, 3.63) is 0 Å². The molecule has 2 N–H and O–H groups in total. The third-order valence-corrected chi connectivity index (χ3v) is 2.93. The van der Waals surface area contributed by atoms with Crippen molar-refractivity contribution in [1.29, 1.82) is 0 Å². The molecule has 5 heteroatoms. The van der Waals surface area contributed by atoms with Crippen molar-refractivity contribution in [2.45, 2.75) is 47.0 Å². The highest BCUT2D eigenvalue weighted by atomic mass is 127. The van der Waals surface area contributed by atoms with Gasteiger partial charge in [0, 0.05) is 19.6 Å². The molecule has 0 radical (unpaired) electrons. The van der Waals surface area contributed by atoms with Gasteiger partial charge >= 0.3 is 0 Å². The lowest BCUT2D eigenvalue weighted by Crippen LogP contribution is -2.38. The minimum absolute atomic E-state index is 0. The molecule has 0 fully saturated rings. The molecule has 0 aromatic heterocycles. The molecular formula is C14H33IN4. The molecule has 0 aliphatic rings. The smallest absolute Gasteiger partial charge is 0.191 e. The second-order valence-corrected chi connectivity index (χ2v) is 4.42. The van der Waals surface area contributed by atoms with Gasteiger partial charge in [0.15, 0.2) is 5.96 Å². The Morgan fingerprint density at radius 1 is 1.00 bits per heavy atom. The van der Waals surface area contributed by atoms with Gasteiger partial charge < -0.3 is 15.5 Å². The van der Waals surface area contributed by atoms with E-state index in [1.807, 2.05) is 0 Å². The summed E-state index contributed by atoms with van der Waals surface area (Å²) in [7, 11) is 0. The number of hydrogen-bond acceptors (Lipinski definition) is 2. The van der Waals surface area contributed by atoms with Crippen LogP contribution in [0.2, 0.25) is 0 Å². The minimum Gasteiger partial charge on any atom is -0.357 e. The van der Waals surface area contributed by atoms with Crippen LogP contribution in [0, 0.1) is 0 Å². The summed E-state index contributed by atoms with van der Waals surface area (Å²) in [5.41, 5.74) is 0. The summed E-state index contributed by atoms with van der Waals surface area (Å²) in [6.07, 6.45) is 3.55. The Morgan fingerprint density at radius 2 is 1.68 bits per heavy atom. The van der Waals surface area contributed by atoms with Gasteiger partial charge in [-0.15, -0.1) is 24.0 Å². The largest absolute Gasteiger partial charge is 0.357 e. The molecular weight excluding hydrogens is 351 g/mol. The molecule has 0 heterocycles. The van der Waals surface area contributed by atoms with Crippen LogP contribution in [-0.4, -0.2) is 50.1 Å². The zero-order chi connectivity index (χ0) is 13.6. The molecule has 19 heavy (non-hydrogen) atoms. The number of rotatable bonds is 10. The average molecular weight is 384 g/mol. The van der Waals surface area contributed by atoms with Crippen molar-refractivity contribution in [3.8, 4) is 0 Å². The van der Waals surface area contributed by atoms with Gasteiger partial charge in [0.1, 0.15) is 0 Å². The van der Waals surface area contributed by atoms with E-state index in [4.69, 9.17) is 0 Å². The summed E-state index contributed by atoms with van der Waals surface area (Å²) in [5, 5.41) is 6.65. The van der Waals surface area contributed by atoms with Crippen LogP contribution < -0.4 is 10.6 Å².